The lowest BCUT2D eigenvalue weighted by atomic mass is 9.47. The molecule has 0 aliphatic heterocycles. The van der Waals surface area contributed by atoms with Gasteiger partial charge in [0.15, 0.2) is 16.6 Å². The van der Waals surface area contributed by atoms with E-state index in [1.165, 1.54) is 45.4 Å². The van der Waals surface area contributed by atoms with E-state index >= 15 is 0 Å². The Balaban J connectivity index is 1.62. The number of carbonyl (C=O) groups is 1. The van der Waals surface area contributed by atoms with Crippen molar-refractivity contribution in [1.29, 1.82) is 0 Å². The van der Waals surface area contributed by atoms with Crippen molar-refractivity contribution in [3.63, 3.8) is 0 Å². The van der Waals surface area contributed by atoms with Gasteiger partial charge in [0, 0.05) is 18.8 Å². The summed E-state index contributed by atoms with van der Waals surface area (Å²) in [5.41, 5.74) is 2.19. The highest BCUT2D eigenvalue weighted by Gasteiger charge is 2.60. The third-order valence-corrected chi connectivity index (χ3v) is 11.4. The van der Waals surface area contributed by atoms with Gasteiger partial charge < -0.3 is 13.6 Å². The third kappa shape index (κ3) is 5.46. The molecule has 4 aliphatic carbocycles. The molecule has 0 saturated heterocycles. The quantitative estimate of drug-likeness (QED) is 0.148. The van der Waals surface area contributed by atoms with Gasteiger partial charge in [-0.3, -0.25) is 4.79 Å². The van der Waals surface area contributed by atoms with Crippen LogP contribution < -0.4 is 0 Å². The minimum absolute atomic E-state index is 0.244. The van der Waals surface area contributed by atoms with Crippen LogP contribution in [0.4, 0.5) is 0 Å². The summed E-state index contributed by atoms with van der Waals surface area (Å²) < 4.78 is 19.4. The number of hydrogen-bond acceptors (Lipinski definition) is 4. The molecule has 6 atom stereocenters. The number of esters is 1. The number of carbonyl (C=O) groups excluding carboxylic acids is 1. The fraction of sp³-hybridized carbons (Fsp3) is 0.828. The normalized spacial score (nSPS) is 37.2. The first-order valence-electron chi connectivity index (χ1n) is 14.0. The Morgan fingerprint density at radius 1 is 1.00 bits per heavy atom. The molecule has 0 radical (unpaired) electrons. The van der Waals surface area contributed by atoms with Gasteiger partial charge in [-0.15, -0.1) is 0 Å². The van der Waals surface area contributed by atoms with Gasteiger partial charge in [0.05, 0.1) is 0 Å². The molecule has 4 rings (SSSR count). The van der Waals surface area contributed by atoms with E-state index in [4.69, 9.17) is 13.6 Å². The molecule has 0 aromatic carbocycles. The summed E-state index contributed by atoms with van der Waals surface area (Å²) in [5.74, 6) is 1.14. The van der Waals surface area contributed by atoms with Crippen LogP contribution in [-0.4, -0.2) is 28.6 Å². The molecule has 198 valence electrons. The molecule has 0 bridgehead atoms. The second-order valence-corrected chi connectivity index (χ2v) is 23.2. The lowest BCUT2D eigenvalue weighted by Gasteiger charge is -2.57. The number of fused-ring (bicyclic) bond motifs is 5. The zero-order valence-corrected chi connectivity index (χ0v) is 25.8. The van der Waals surface area contributed by atoms with Crippen molar-refractivity contribution < 1.29 is 18.4 Å². The Morgan fingerprint density at radius 2 is 1.66 bits per heavy atom. The molecular weight excluding hydrogens is 468 g/mol. The lowest BCUT2D eigenvalue weighted by molar-refractivity contribution is -0.305. The van der Waals surface area contributed by atoms with Gasteiger partial charge in [-0.05, 0) is 113 Å². The molecule has 0 aromatic heterocycles. The van der Waals surface area contributed by atoms with Gasteiger partial charge in [-0.1, -0.05) is 37.6 Å². The molecule has 0 N–H and O–H groups in total. The van der Waals surface area contributed by atoms with Gasteiger partial charge in [0.25, 0.3) is 0 Å². The summed E-state index contributed by atoms with van der Waals surface area (Å²) in [6.45, 7) is 19.5. The van der Waals surface area contributed by atoms with E-state index in [-0.39, 0.29) is 16.8 Å². The van der Waals surface area contributed by atoms with Gasteiger partial charge in [-0.25, -0.2) is 0 Å². The molecule has 0 heterocycles. The van der Waals surface area contributed by atoms with Crippen molar-refractivity contribution in [3.8, 4) is 0 Å². The smallest absolute Gasteiger partial charge is 0.310 e. The molecular formula is C29H50O4Si2. The van der Waals surface area contributed by atoms with Gasteiger partial charge >= 0.3 is 11.9 Å². The standard InChI is InChI=1S/C29H50O4Si2/c1-21(30)31-29(32-34(4,5)6,33-35(7,8)9)20-23-14-16-25-24-15-13-22-12-10-11-18-27(22,2)26(24)17-19-28(23,25)3/h11-12,18,23-26H,10,13-17,19-20H2,1-9H3/t23-,24+,25+,26+,27+,28-/m1/s1. The predicted octanol–water partition coefficient (Wildman–Crippen LogP) is 8.04. The third-order valence-electron chi connectivity index (χ3n) is 9.53. The average molecular weight is 519 g/mol. The monoisotopic (exact) mass is 518 g/mol. The molecule has 0 unspecified atom stereocenters. The first kappa shape index (κ1) is 27.3. The molecule has 4 nitrogen and oxygen atoms in total. The fourth-order valence-corrected chi connectivity index (χ4v) is 10.7. The predicted molar refractivity (Wildman–Crippen MR) is 148 cm³/mol. The first-order chi connectivity index (χ1) is 16.1. The number of rotatable bonds is 7. The summed E-state index contributed by atoms with van der Waals surface area (Å²) in [6.07, 6.45) is 16.8. The maximum atomic E-state index is 12.4. The van der Waals surface area contributed by atoms with Crippen LogP contribution in [0, 0.1) is 34.5 Å². The highest BCUT2D eigenvalue weighted by molar-refractivity contribution is 6.71. The highest BCUT2D eigenvalue weighted by atomic mass is 28.4. The largest absolute Gasteiger partial charge is 0.410 e. The van der Waals surface area contributed by atoms with Crippen molar-refractivity contribution in [2.24, 2.45) is 34.5 Å². The van der Waals surface area contributed by atoms with Crippen LogP contribution in [0.5, 0.6) is 0 Å². The lowest BCUT2D eigenvalue weighted by Crippen LogP contribution is -2.55. The van der Waals surface area contributed by atoms with E-state index in [2.05, 4.69) is 71.4 Å². The summed E-state index contributed by atoms with van der Waals surface area (Å²) in [5, 5.41) is 0. The van der Waals surface area contributed by atoms with Crippen LogP contribution in [0.15, 0.2) is 23.8 Å². The molecule has 35 heavy (non-hydrogen) atoms. The van der Waals surface area contributed by atoms with Crippen LogP contribution in [0.2, 0.25) is 39.3 Å². The highest BCUT2D eigenvalue weighted by Crippen LogP contribution is 2.67. The fourth-order valence-electron chi connectivity index (χ4n) is 8.43. The van der Waals surface area contributed by atoms with E-state index < -0.39 is 22.6 Å². The van der Waals surface area contributed by atoms with E-state index in [0.29, 0.717) is 12.3 Å². The molecule has 4 aliphatic rings. The minimum Gasteiger partial charge on any atom is -0.410 e. The summed E-state index contributed by atoms with van der Waals surface area (Å²) in [6, 6.07) is 0. The molecule has 0 amide bonds. The Labute approximate surface area is 216 Å². The van der Waals surface area contributed by atoms with Crippen molar-refractivity contribution >= 4 is 22.6 Å². The van der Waals surface area contributed by atoms with Gasteiger partial charge in [0.2, 0.25) is 0 Å². The molecule has 6 heteroatoms. The maximum absolute atomic E-state index is 12.4. The van der Waals surface area contributed by atoms with E-state index in [1.807, 2.05) is 0 Å². The van der Waals surface area contributed by atoms with E-state index in [9.17, 15) is 4.79 Å². The summed E-state index contributed by atoms with van der Waals surface area (Å²) in [7, 11) is -4.10. The molecule has 0 spiro atoms. The molecule has 0 aromatic rings. The first-order valence-corrected chi connectivity index (χ1v) is 20.9. The Kier molecular flexibility index (Phi) is 7.22. The zero-order valence-electron chi connectivity index (χ0n) is 23.8. The number of allylic oxidation sites excluding steroid dienone is 4. The van der Waals surface area contributed by atoms with Crippen LogP contribution in [0.1, 0.15) is 72.1 Å². The van der Waals surface area contributed by atoms with Gasteiger partial charge in [0.1, 0.15) is 0 Å². The van der Waals surface area contributed by atoms with Crippen LogP contribution in [0.25, 0.3) is 0 Å². The Bertz CT molecular complexity index is 866. The van der Waals surface area contributed by atoms with Crippen molar-refractivity contribution in [1.82, 2.24) is 0 Å². The van der Waals surface area contributed by atoms with Crippen molar-refractivity contribution in [2.75, 3.05) is 0 Å². The minimum atomic E-state index is -2.05. The van der Waals surface area contributed by atoms with Crippen LogP contribution >= 0.6 is 0 Å². The SMILES string of the molecule is CC(=O)OC(C[C@H]1CC[C@H]2[C@@H]3CCC4=CCC=C[C@]4(C)[C@H]3CC[C@]12C)(O[Si](C)(C)C)O[Si](C)(C)C. The Morgan fingerprint density at radius 3 is 2.26 bits per heavy atom. The van der Waals surface area contributed by atoms with Gasteiger partial charge in [-0.2, -0.15) is 0 Å². The zero-order chi connectivity index (χ0) is 25.9. The van der Waals surface area contributed by atoms with E-state index in [1.54, 1.807) is 5.57 Å². The molecule has 3 fully saturated rings. The second kappa shape index (κ2) is 9.25. The average Bonchev–Trinajstić information content (AvgIpc) is 3.00. The second-order valence-electron chi connectivity index (χ2n) is 14.3. The topological polar surface area (TPSA) is 44.8 Å². The van der Waals surface area contributed by atoms with Crippen LogP contribution in [0.3, 0.4) is 0 Å². The Hall–Kier alpha value is -0.696. The molecule has 3 saturated carbocycles. The maximum Gasteiger partial charge on any atom is 0.310 e. The van der Waals surface area contributed by atoms with Crippen molar-refractivity contribution in [2.45, 2.75) is 117 Å². The van der Waals surface area contributed by atoms with Crippen molar-refractivity contribution in [3.05, 3.63) is 23.8 Å². The van der Waals surface area contributed by atoms with E-state index in [0.717, 1.165) is 24.2 Å². The van der Waals surface area contributed by atoms with Crippen LogP contribution in [-0.2, 0) is 18.4 Å². The number of hydrogen-bond donors (Lipinski definition) is 0. The summed E-state index contributed by atoms with van der Waals surface area (Å²) in [4.78, 5) is 12.4. The summed E-state index contributed by atoms with van der Waals surface area (Å²) >= 11 is 0. The number of ether oxygens (including phenoxy) is 1.